The van der Waals surface area contributed by atoms with Gasteiger partial charge in [0.15, 0.2) is 0 Å². The fourth-order valence-electron chi connectivity index (χ4n) is 2.13. The van der Waals surface area contributed by atoms with E-state index in [9.17, 15) is 4.79 Å². The Balaban J connectivity index is 2.25. The molecule has 1 aliphatic rings. The average molecular weight is 228 g/mol. The molecule has 0 amide bonds. The lowest BCUT2D eigenvalue weighted by molar-refractivity contribution is -0.149. The number of rotatable bonds is 5. The van der Waals surface area contributed by atoms with Gasteiger partial charge < -0.3 is 15.4 Å². The second-order valence-corrected chi connectivity index (χ2v) is 4.67. The molecule has 0 aromatic rings. The number of ether oxygens (including phenoxy) is 1. The van der Waals surface area contributed by atoms with Gasteiger partial charge in [0.2, 0.25) is 0 Å². The highest BCUT2D eigenvalue weighted by Gasteiger charge is 2.26. The largest absolute Gasteiger partial charge is 0.466 e. The third-order valence-electron chi connectivity index (χ3n) is 3.18. The number of carbonyl (C=O) groups excluding carboxylic acids is 1. The summed E-state index contributed by atoms with van der Waals surface area (Å²) < 4.78 is 5.04. The van der Waals surface area contributed by atoms with Crippen molar-refractivity contribution in [1.82, 2.24) is 4.90 Å². The first-order valence-electron chi connectivity index (χ1n) is 6.26. The highest BCUT2D eigenvalue weighted by Crippen LogP contribution is 2.19. The summed E-state index contributed by atoms with van der Waals surface area (Å²) in [5, 5.41) is 0. The highest BCUT2D eigenvalue weighted by molar-refractivity contribution is 5.72. The zero-order chi connectivity index (χ0) is 12.0. The van der Waals surface area contributed by atoms with Crippen LogP contribution in [-0.2, 0) is 9.53 Å². The van der Waals surface area contributed by atoms with Crippen LogP contribution in [0.15, 0.2) is 0 Å². The maximum atomic E-state index is 11.5. The molecule has 0 spiro atoms. The van der Waals surface area contributed by atoms with Crippen LogP contribution in [0.4, 0.5) is 0 Å². The van der Waals surface area contributed by atoms with Crippen LogP contribution in [0.1, 0.15) is 26.7 Å². The van der Waals surface area contributed by atoms with Crippen LogP contribution in [0.2, 0.25) is 0 Å². The van der Waals surface area contributed by atoms with Crippen LogP contribution < -0.4 is 5.73 Å². The second kappa shape index (κ2) is 6.86. The number of nitrogens with zero attached hydrogens (tertiary/aromatic N) is 1. The molecule has 4 nitrogen and oxygen atoms in total. The van der Waals surface area contributed by atoms with Gasteiger partial charge in [-0.25, -0.2) is 0 Å². The Labute approximate surface area is 98.1 Å². The minimum absolute atomic E-state index is 0.0194. The van der Waals surface area contributed by atoms with E-state index in [-0.39, 0.29) is 11.9 Å². The second-order valence-electron chi connectivity index (χ2n) is 4.67. The molecule has 1 heterocycles. The molecule has 1 aliphatic heterocycles. The van der Waals surface area contributed by atoms with E-state index in [1.165, 1.54) is 0 Å². The fraction of sp³-hybridized carbons (Fsp3) is 0.917. The molecular weight excluding hydrogens is 204 g/mol. The Bertz CT molecular complexity index is 213. The van der Waals surface area contributed by atoms with Crippen molar-refractivity contribution < 1.29 is 9.53 Å². The summed E-state index contributed by atoms with van der Waals surface area (Å²) in [5.41, 5.74) is 5.60. The van der Waals surface area contributed by atoms with Crippen LogP contribution in [0.25, 0.3) is 0 Å². The van der Waals surface area contributed by atoms with Gasteiger partial charge in [0, 0.05) is 6.54 Å². The van der Waals surface area contributed by atoms with Crippen molar-refractivity contribution in [3.63, 3.8) is 0 Å². The van der Waals surface area contributed by atoms with Crippen molar-refractivity contribution in [2.75, 3.05) is 32.8 Å². The van der Waals surface area contributed by atoms with E-state index in [0.29, 0.717) is 12.5 Å². The van der Waals surface area contributed by atoms with Crippen LogP contribution in [0.3, 0.4) is 0 Å². The van der Waals surface area contributed by atoms with Gasteiger partial charge in [0.05, 0.1) is 12.5 Å². The Hall–Kier alpha value is -0.610. The first-order valence-corrected chi connectivity index (χ1v) is 6.26. The molecule has 1 atom stereocenters. The molecule has 2 N–H and O–H groups in total. The summed E-state index contributed by atoms with van der Waals surface area (Å²) in [4.78, 5) is 13.9. The first kappa shape index (κ1) is 13.5. The Morgan fingerprint density at radius 3 is 2.62 bits per heavy atom. The van der Waals surface area contributed by atoms with Gasteiger partial charge in [-0.05, 0) is 45.3 Å². The molecule has 1 unspecified atom stereocenters. The number of hydrogen-bond donors (Lipinski definition) is 1. The standard InChI is InChI=1S/C12H24N2O2/c1-3-16-12(15)11-4-6-14(7-5-11)9-10(2)8-13/h10-11H,3-9,13H2,1-2H3. The summed E-state index contributed by atoms with van der Waals surface area (Å²) in [6, 6.07) is 0. The summed E-state index contributed by atoms with van der Waals surface area (Å²) >= 11 is 0. The SMILES string of the molecule is CCOC(=O)C1CCN(CC(C)CN)CC1. The van der Waals surface area contributed by atoms with Crippen molar-refractivity contribution >= 4 is 5.97 Å². The van der Waals surface area contributed by atoms with Gasteiger partial charge in [-0.1, -0.05) is 6.92 Å². The van der Waals surface area contributed by atoms with Crippen molar-refractivity contribution in [3.05, 3.63) is 0 Å². The Kier molecular flexibility index (Phi) is 5.77. The van der Waals surface area contributed by atoms with Gasteiger partial charge in [-0.2, -0.15) is 0 Å². The lowest BCUT2D eigenvalue weighted by atomic mass is 9.96. The van der Waals surface area contributed by atoms with Crippen LogP contribution in [0, 0.1) is 11.8 Å². The lowest BCUT2D eigenvalue weighted by Gasteiger charge is -2.32. The Morgan fingerprint density at radius 1 is 1.50 bits per heavy atom. The summed E-state index contributed by atoms with van der Waals surface area (Å²) in [6.07, 6.45) is 1.85. The van der Waals surface area contributed by atoms with E-state index in [4.69, 9.17) is 10.5 Å². The molecular formula is C12H24N2O2. The van der Waals surface area contributed by atoms with Crippen molar-refractivity contribution in [1.29, 1.82) is 0 Å². The number of nitrogens with two attached hydrogens (primary N) is 1. The first-order chi connectivity index (χ1) is 7.67. The minimum atomic E-state index is -0.0194. The average Bonchev–Trinajstić information content (AvgIpc) is 2.30. The molecule has 4 heteroatoms. The quantitative estimate of drug-likeness (QED) is 0.709. The van der Waals surface area contributed by atoms with Crippen molar-refractivity contribution in [3.8, 4) is 0 Å². The molecule has 16 heavy (non-hydrogen) atoms. The monoisotopic (exact) mass is 228 g/mol. The number of hydrogen-bond acceptors (Lipinski definition) is 4. The van der Waals surface area contributed by atoms with E-state index in [1.54, 1.807) is 0 Å². The van der Waals surface area contributed by atoms with Gasteiger partial charge in [-0.15, -0.1) is 0 Å². The van der Waals surface area contributed by atoms with Crippen molar-refractivity contribution in [2.24, 2.45) is 17.6 Å². The molecule has 0 saturated carbocycles. The van der Waals surface area contributed by atoms with Crippen LogP contribution >= 0.6 is 0 Å². The van der Waals surface area contributed by atoms with Crippen LogP contribution in [0.5, 0.6) is 0 Å². The maximum Gasteiger partial charge on any atom is 0.309 e. The predicted octanol–water partition coefficient (Wildman–Crippen LogP) is 0.856. The number of likely N-dealkylation sites (tertiary alicyclic amines) is 1. The molecule has 1 rings (SSSR count). The smallest absolute Gasteiger partial charge is 0.309 e. The van der Waals surface area contributed by atoms with E-state index in [1.807, 2.05) is 6.92 Å². The molecule has 0 aromatic carbocycles. The van der Waals surface area contributed by atoms with E-state index >= 15 is 0 Å². The normalized spacial score (nSPS) is 20.7. The predicted molar refractivity (Wildman–Crippen MR) is 64.0 cm³/mol. The number of piperidine rings is 1. The zero-order valence-corrected chi connectivity index (χ0v) is 10.4. The van der Waals surface area contributed by atoms with Gasteiger partial charge in [0.1, 0.15) is 0 Å². The third kappa shape index (κ3) is 4.10. The van der Waals surface area contributed by atoms with E-state index in [0.717, 1.165) is 39.0 Å². The lowest BCUT2D eigenvalue weighted by Crippen LogP contribution is -2.40. The Morgan fingerprint density at radius 2 is 2.12 bits per heavy atom. The van der Waals surface area contributed by atoms with Crippen LogP contribution in [-0.4, -0.2) is 43.7 Å². The number of carbonyl (C=O) groups is 1. The molecule has 0 bridgehead atoms. The molecule has 94 valence electrons. The van der Waals surface area contributed by atoms with E-state index in [2.05, 4.69) is 11.8 Å². The fourth-order valence-corrected chi connectivity index (χ4v) is 2.13. The van der Waals surface area contributed by atoms with Crippen molar-refractivity contribution in [2.45, 2.75) is 26.7 Å². The molecule has 0 aliphatic carbocycles. The van der Waals surface area contributed by atoms with Gasteiger partial charge >= 0.3 is 5.97 Å². The summed E-state index contributed by atoms with van der Waals surface area (Å²) in [5.74, 6) is 0.637. The number of esters is 1. The zero-order valence-electron chi connectivity index (χ0n) is 10.4. The molecule has 0 radical (unpaired) electrons. The molecule has 1 saturated heterocycles. The summed E-state index contributed by atoms with van der Waals surface area (Å²) in [6.45, 7) is 8.28. The van der Waals surface area contributed by atoms with Gasteiger partial charge in [-0.3, -0.25) is 4.79 Å². The highest BCUT2D eigenvalue weighted by atomic mass is 16.5. The summed E-state index contributed by atoms with van der Waals surface area (Å²) in [7, 11) is 0. The molecule has 1 fully saturated rings. The van der Waals surface area contributed by atoms with Gasteiger partial charge in [0.25, 0.3) is 0 Å². The maximum absolute atomic E-state index is 11.5. The third-order valence-corrected chi connectivity index (χ3v) is 3.18. The topological polar surface area (TPSA) is 55.6 Å². The van der Waals surface area contributed by atoms with E-state index < -0.39 is 0 Å². The minimum Gasteiger partial charge on any atom is -0.466 e. The molecule has 0 aromatic heterocycles.